The van der Waals surface area contributed by atoms with Crippen LogP contribution in [0.1, 0.15) is 24.8 Å². The van der Waals surface area contributed by atoms with E-state index in [9.17, 15) is 9.59 Å². The van der Waals surface area contributed by atoms with Crippen LogP contribution in [0.5, 0.6) is 0 Å². The van der Waals surface area contributed by atoms with Crippen molar-refractivity contribution in [1.82, 2.24) is 4.57 Å². The topological polar surface area (TPSA) is 63.1 Å². The van der Waals surface area contributed by atoms with Crippen LogP contribution < -0.4 is 10.6 Å². The van der Waals surface area contributed by atoms with Crippen molar-refractivity contribution < 1.29 is 9.59 Å². The fourth-order valence-corrected chi connectivity index (χ4v) is 3.21. The highest BCUT2D eigenvalue weighted by Crippen LogP contribution is 2.25. The van der Waals surface area contributed by atoms with E-state index < -0.39 is 0 Å². The summed E-state index contributed by atoms with van der Waals surface area (Å²) < 4.78 is 2.06. The molecule has 0 saturated heterocycles. The van der Waals surface area contributed by atoms with Crippen molar-refractivity contribution in [3.63, 3.8) is 0 Å². The highest BCUT2D eigenvalue weighted by atomic mass is 35.5. The summed E-state index contributed by atoms with van der Waals surface area (Å²) in [6, 6.07) is 18.6. The number of nitrogens with one attached hydrogen (secondary N) is 2. The molecule has 0 radical (unpaired) electrons. The lowest BCUT2D eigenvalue weighted by atomic mass is 9.95. The molecule has 1 atom stereocenters. The first-order valence-corrected chi connectivity index (χ1v) is 9.41. The minimum atomic E-state index is -0.155. The number of hydrogen-bond donors (Lipinski definition) is 2. The second-order valence-corrected chi connectivity index (χ2v) is 7.08. The Kier molecular flexibility index (Phi) is 6.50. The van der Waals surface area contributed by atoms with Gasteiger partial charge in [0.15, 0.2) is 0 Å². The van der Waals surface area contributed by atoms with E-state index in [4.69, 9.17) is 11.6 Å². The zero-order valence-electron chi connectivity index (χ0n) is 15.6. The molecule has 3 rings (SSSR count). The maximum absolute atomic E-state index is 12.7. The number of carbonyl (C=O) groups excluding carboxylic acids is 2. The van der Waals surface area contributed by atoms with Gasteiger partial charge in [-0.3, -0.25) is 9.59 Å². The summed E-state index contributed by atoms with van der Waals surface area (Å²) in [5, 5.41) is 6.30. The van der Waals surface area contributed by atoms with Gasteiger partial charge in [-0.2, -0.15) is 0 Å². The van der Waals surface area contributed by atoms with Crippen molar-refractivity contribution in [2.75, 3.05) is 10.6 Å². The fraction of sp³-hybridized carbons (Fsp3) is 0.182. The summed E-state index contributed by atoms with van der Waals surface area (Å²) in [6.45, 7) is 2.14. The van der Waals surface area contributed by atoms with E-state index in [1.807, 2.05) is 48.8 Å². The third-order valence-corrected chi connectivity index (χ3v) is 4.59. The standard InChI is InChI=1S/C22H22ClN3O2/c1-16(27)24-20-5-4-6-21(14-20)25-22(28)13-18(15-26-11-2-3-12-26)17-7-9-19(23)10-8-17/h2-12,14,18H,13,15H2,1H3,(H,24,27)(H,25,28)/t18-/m0/s1. The van der Waals surface area contributed by atoms with Crippen molar-refractivity contribution in [3.8, 4) is 0 Å². The molecule has 6 heteroatoms. The average molecular weight is 396 g/mol. The molecule has 3 aromatic rings. The Balaban J connectivity index is 1.72. The van der Waals surface area contributed by atoms with Crippen LogP contribution in [0, 0.1) is 0 Å². The van der Waals surface area contributed by atoms with Crippen LogP contribution >= 0.6 is 11.6 Å². The monoisotopic (exact) mass is 395 g/mol. The maximum Gasteiger partial charge on any atom is 0.225 e. The molecule has 28 heavy (non-hydrogen) atoms. The lowest BCUT2D eigenvalue weighted by Gasteiger charge is -2.18. The van der Waals surface area contributed by atoms with Crippen LogP contribution in [0.25, 0.3) is 0 Å². The molecule has 1 aromatic heterocycles. The number of benzene rings is 2. The number of rotatable bonds is 7. The molecule has 2 N–H and O–H groups in total. The van der Waals surface area contributed by atoms with Crippen molar-refractivity contribution in [2.45, 2.75) is 25.8 Å². The minimum absolute atomic E-state index is 0.00296. The van der Waals surface area contributed by atoms with E-state index >= 15 is 0 Å². The third kappa shape index (κ3) is 5.72. The van der Waals surface area contributed by atoms with Crippen molar-refractivity contribution >= 4 is 34.8 Å². The van der Waals surface area contributed by atoms with Gasteiger partial charge in [0, 0.05) is 54.6 Å². The number of halogens is 1. The largest absolute Gasteiger partial charge is 0.354 e. The van der Waals surface area contributed by atoms with Gasteiger partial charge in [-0.05, 0) is 48.0 Å². The summed E-state index contributed by atoms with van der Waals surface area (Å²) in [7, 11) is 0. The molecular weight excluding hydrogens is 374 g/mol. The molecule has 0 unspecified atom stereocenters. The molecule has 0 spiro atoms. The number of carbonyl (C=O) groups is 2. The lowest BCUT2D eigenvalue weighted by molar-refractivity contribution is -0.116. The highest BCUT2D eigenvalue weighted by Gasteiger charge is 2.17. The number of hydrogen-bond acceptors (Lipinski definition) is 2. The normalized spacial score (nSPS) is 11.6. The molecular formula is C22H22ClN3O2. The van der Waals surface area contributed by atoms with Crippen LogP contribution in [-0.2, 0) is 16.1 Å². The molecule has 144 valence electrons. The Morgan fingerprint density at radius 2 is 1.61 bits per heavy atom. The summed E-state index contributed by atoms with van der Waals surface area (Å²) in [5.74, 6) is -0.242. The van der Waals surface area contributed by atoms with Gasteiger partial charge in [0.25, 0.3) is 0 Å². The second kappa shape index (κ2) is 9.24. The van der Waals surface area contributed by atoms with Crippen LogP contribution in [0.3, 0.4) is 0 Å². The van der Waals surface area contributed by atoms with Gasteiger partial charge in [0.2, 0.25) is 11.8 Å². The smallest absolute Gasteiger partial charge is 0.225 e. The molecule has 0 saturated carbocycles. The van der Waals surface area contributed by atoms with Crippen LogP contribution in [0.15, 0.2) is 73.1 Å². The Hall–Kier alpha value is -3.05. The van der Waals surface area contributed by atoms with Crippen molar-refractivity contribution in [3.05, 3.63) is 83.6 Å². The fourth-order valence-electron chi connectivity index (χ4n) is 3.08. The predicted octanol–water partition coefficient (Wildman–Crippen LogP) is 4.91. The molecule has 2 aromatic carbocycles. The Labute approximate surface area is 169 Å². The maximum atomic E-state index is 12.7. The lowest BCUT2D eigenvalue weighted by Crippen LogP contribution is -2.19. The molecule has 5 nitrogen and oxygen atoms in total. The molecule has 1 heterocycles. The number of nitrogens with zero attached hydrogens (tertiary/aromatic N) is 1. The summed E-state index contributed by atoms with van der Waals surface area (Å²) in [6.07, 6.45) is 4.29. The Morgan fingerprint density at radius 1 is 0.964 bits per heavy atom. The molecule has 0 aliphatic rings. The van der Waals surface area contributed by atoms with Gasteiger partial charge >= 0.3 is 0 Å². The Morgan fingerprint density at radius 3 is 2.25 bits per heavy atom. The van der Waals surface area contributed by atoms with Gasteiger partial charge < -0.3 is 15.2 Å². The van der Waals surface area contributed by atoms with E-state index in [0.717, 1.165) is 5.56 Å². The second-order valence-electron chi connectivity index (χ2n) is 6.64. The van der Waals surface area contributed by atoms with Crippen LogP contribution in [0.4, 0.5) is 11.4 Å². The first-order valence-electron chi connectivity index (χ1n) is 9.03. The quantitative estimate of drug-likeness (QED) is 0.596. The van der Waals surface area contributed by atoms with E-state index in [1.54, 1.807) is 24.3 Å². The van der Waals surface area contributed by atoms with Gasteiger partial charge in [-0.1, -0.05) is 29.8 Å². The van der Waals surface area contributed by atoms with E-state index in [0.29, 0.717) is 29.4 Å². The Bertz CT molecular complexity index is 937. The van der Waals surface area contributed by atoms with Crippen LogP contribution in [0.2, 0.25) is 5.02 Å². The predicted molar refractivity (Wildman–Crippen MR) is 113 cm³/mol. The first-order chi connectivity index (χ1) is 13.5. The SMILES string of the molecule is CC(=O)Nc1cccc(NC(=O)C[C@@H](Cn2cccc2)c2ccc(Cl)cc2)c1. The van der Waals surface area contributed by atoms with E-state index in [2.05, 4.69) is 15.2 Å². The molecule has 0 bridgehead atoms. The highest BCUT2D eigenvalue weighted by molar-refractivity contribution is 6.30. The number of aromatic nitrogens is 1. The van der Waals surface area contributed by atoms with Crippen LogP contribution in [-0.4, -0.2) is 16.4 Å². The zero-order chi connectivity index (χ0) is 19.9. The van der Waals surface area contributed by atoms with Crippen molar-refractivity contribution in [2.24, 2.45) is 0 Å². The summed E-state index contributed by atoms with van der Waals surface area (Å²) >= 11 is 6.01. The molecule has 2 amide bonds. The van der Waals surface area contributed by atoms with Crippen molar-refractivity contribution in [1.29, 1.82) is 0 Å². The van der Waals surface area contributed by atoms with Gasteiger partial charge in [0.05, 0.1) is 0 Å². The molecule has 0 aliphatic carbocycles. The zero-order valence-corrected chi connectivity index (χ0v) is 16.3. The molecule has 0 fully saturated rings. The minimum Gasteiger partial charge on any atom is -0.354 e. The van der Waals surface area contributed by atoms with Gasteiger partial charge in [-0.25, -0.2) is 0 Å². The number of anilines is 2. The number of amides is 2. The summed E-state index contributed by atoms with van der Waals surface area (Å²) in [5.41, 5.74) is 2.35. The summed E-state index contributed by atoms with van der Waals surface area (Å²) in [4.78, 5) is 23.9. The van der Waals surface area contributed by atoms with Gasteiger partial charge in [-0.15, -0.1) is 0 Å². The first kappa shape index (κ1) is 19.7. The average Bonchev–Trinajstić information content (AvgIpc) is 3.14. The molecule has 0 aliphatic heterocycles. The van der Waals surface area contributed by atoms with E-state index in [-0.39, 0.29) is 17.7 Å². The third-order valence-electron chi connectivity index (χ3n) is 4.34. The van der Waals surface area contributed by atoms with Gasteiger partial charge in [0.1, 0.15) is 0 Å². The van der Waals surface area contributed by atoms with E-state index in [1.165, 1.54) is 6.92 Å².